The van der Waals surface area contributed by atoms with Gasteiger partial charge in [-0.25, -0.2) is 4.79 Å². The second-order valence-electron chi connectivity index (χ2n) is 3.69. The lowest BCUT2D eigenvalue weighted by Crippen LogP contribution is -2.28. The summed E-state index contributed by atoms with van der Waals surface area (Å²) in [7, 11) is -0.676. The third kappa shape index (κ3) is 3.71. The molecule has 7 heteroatoms. The van der Waals surface area contributed by atoms with E-state index in [4.69, 9.17) is 4.74 Å². The van der Waals surface area contributed by atoms with Crippen LogP contribution in [0.25, 0.3) is 0 Å². The molecular weight excluding hydrogens is 256 g/mol. The minimum absolute atomic E-state index is 0.299. The Labute approximate surface area is 107 Å². The molecule has 0 bridgehead atoms. The van der Waals surface area contributed by atoms with Crippen molar-refractivity contribution in [3.8, 4) is 0 Å². The summed E-state index contributed by atoms with van der Waals surface area (Å²) in [6, 6.07) is 6.03. The number of hydrogen-bond donors (Lipinski definition) is 1. The third-order valence-electron chi connectivity index (χ3n) is 2.12. The summed E-state index contributed by atoms with van der Waals surface area (Å²) in [5.41, 5.74) is 0.765. The molecule has 0 aromatic heterocycles. The summed E-state index contributed by atoms with van der Waals surface area (Å²) in [5, 5.41) is 0. The maximum absolute atomic E-state index is 11.5. The van der Waals surface area contributed by atoms with Crippen molar-refractivity contribution in [3.63, 3.8) is 0 Å². The van der Waals surface area contributed by atoms with Gasteiger partial charge in [0.25, 0.3) is 0 Å². The number of nitrogens with one attached hydrogen (secondary N) is 1. The molecule has 0 aliphatic carbocycles. The molecule has 1 rings (SSSR count). The molecule has 100 valence electrons. The van der Waals surface area contributed by atoms with Crippen LogP contribution < -0.4 is 4.72 Å². The van der Waals surface area contributed by atoms with Crippen LogP contribution in [0, 0.1) is 0 Å². The summed E-state index contributed by atoms with van der Waals surface area (Å²) in [4.78, 5) is 11.4. The molecule has 0 atom stereocenters. The lowest BCUT2D eigenvalue weighted by atomic mass is 10.2. The summed E-state index contributed by atoms with van der Waals surface area (Å²) in [6.45, 7) is 2.02. The van der Waals surface area contributed by atoms with E-state index in [1.165, 1.54) is 38.4 Å². The molecular formula is C11H16N2O4S. The maximum Gasteiger partial charge on any atom is 0.338 e. The monoisotopic (exact) mass is 272 g/mol. The zero-order valence-corrected chi connectivity index (χ0v) is 11.3. The Bertz CT molecular complexity index is 508. The van der Waals surface area contributed by atoms with Gasteiger partial charge in [-0.3, -0.25) is 4.72 Å². The molecule has 1 aromatic rings. The molecule has 0 aliphatic heterocycles. The Morgan fingerprint density at radius 2 is 1.83 bits per heavy atom. The fourth-order valence-electron chi connectivity index (χ4n) is 1.13. The predicted molar refractivity (Wildman–Crippen MR) is 68.6 cm³/mol. The zero-order chi connectivity index (χ0) is 13.8. The van der Waals surface area contributed by atoms with E-state index in [1.807, 2.05) is 0 Å². The number of carbonyl (C=O) groups is 1. The maximum atomic E-state index is 11.5. The Balaban J connectivity index is 2.81. The first-order chi connectivity index (χ1) is 8.36. The van der Waals surface area contributed by atoms with Crippen LogP contribution in [0.2, 0.25) is 0 Å². The number of esters is 1. The highest BCUT2D eigenvalue weighted by atomic mass is 32.2. The summed E-state index contributed by atoms with van der Waals surface area (Å²) >= 11 is 0. The molecule has 0 radical (unpaired) electrons. The molecule has 0 spiro atoms. The Morgan fingerprint density at radius 3 is 2.28 bits per heavy atom. The molecule has 1 N–H and O–H groups in total. The lowest BCUT2D eigenvalue weighted by molar-refractivity contribution is 0.0526. The standard InChI is InChI=1S/C11H16N2O4S/c1-4-17-11(14)9-5-7-10(8-6-9)12-18(15,16)13(2)3/h5-8,12H,4H2,1-3H3. The first-order valence-electron chi connectivity index (χ1n) is 5.34. The van der Waals surface area contributed by atoms with Crippen molar-refractivity contribution in [3.05, 3.63) is 29.8 Å². The van der Waals surface area contributed by atoms with Crippen LogP contribution in [-0.4, -0.2) is 39.4 Å². The summed E-state index contributed by atoms with van der Waals surface area (Å²) in [6.07, 6.45) is 0. The van der Waals surface area contributed by atoms with Gasteiger partial charge in [-0.05, 0) is 31.2 Å². The Hall–Kier alpha value is -1.60. The number of carbonyl (C=O) groups excluding carboxylic acids is 1. The lowest BCUT2D eigenvalue weighted by Gasteiger charge is -2.13. The summed E-state index contributed by atoms with van der Waals surface area (Å²) < 4.78 is 31.3. The van der Waals surface area contributed by atoms with Gasteiger partial charge < -0.3 is 4.74 Å². The van der Waals surface area contributed by atoms with E-state index in [0.717, 1.165) is 4.31 Å². The highest BCUT2D eigenvalue weighted by Gasteiger charge is 2.13. The number of ether oxygens (including phenoxy) is 1. The van der Waals surface area contributed by atoms with Crippen LogP contribution in [0.5, 0.6) is 0 Å². The number of hydrogen-bond acceptors (Lipinski definition) is 4. The van der Waals surface area contributed by atoms with Crippen molar-refractivity contribution in [1.82, 2.24) is 4.31 Å². The fraction of sp³-hybridized carbons (Fsp3) is 0.364. The quantitative estimate of drug-likeness (QED) is 0.814. The smallest absolute Gasteiger partial charge is 0.338 e. The molecule has 1 aromatic carbocycles. The van der Waals surface area contributed by atoms with E-state index in [1.54, 1.807) is 6.92 Å². The summed E-state index contributed by atoms with van der Waals surface area (Å²) in [5.74, 6) is -0.431. The van der Waals surface area contributed by atoms with Gasteiger partial charge in [0.15, 0.2) is 0 Å². The van der Waals surface area contributed by atoms with Gasteiger partial charge in [0.05, 0.1) is 12.2 Å². The fourth-order valence-corrected chi connectivity index (χ4v) is 1.75. The van der Waals surface area contributed by atoms with Crippen LogP contribution in [-0.2, 0) is 14.9 Å². The van der Waals surface area contributed by atoms with Gasteiger partial charge in [0.2, 0.25) is 0 Å². The van der Waals surface area contributed by atoms with Crippen molar-refractivity contribution >= 4 is 21.9 Å². The van der Waals surface area contributed by atoms with E-state index in [0.29, 0.717) is 17.9 Å². The van der Waals surface area contributed by atoms with Gasteiger partial charge in [-0.1, -0.05) is 0 Å². The van der Waals surface area contributed by atoms with Crippen molar-refractivity contribution in [2.75, 3.05) is 25.4 Å². The van der Waals surface area contributed by atoms with Crippen LogP contribution >= 0.6 is 0 Å². The minimum atomic E-state index is -3.53. The average molecular weight is 272 g/mol. The van der Waals surface area contributed by atoms with E-state index in [-0.39, 0.29) is 0 Å². The van der Waals surface area contributed by atoms with Gasteiger partial charge in [-0.15, -0.1) is 0 Å². The van der Waals surface area contributed by atoms with E-state index < -0.39 is 16.2 Å². The minimum Gasteiger partial charge on any atom is -0.462 e. The highest BCUT2D eigenvalue weighted by molar-refractivity contribution is 7.90. The third-order valence-corrected chi connectivity index (χ3v) is 3.58. The Kier molecular flexibility index (Phi) is 4.69. The number of rotatable bonds is 5. The van der Waals surface area contributed by atoms with Crippen molar-refractivity contribution in [1.29, 1.82) is 0 Å². The molecule has 0 saturated carbocycles. The van der Waals surface area contributed by atoms with Crippen LogP contribution in [0.3, 0.4) is 0 Å². The number of nitrogens with zero attached hydrogens (tertiary/aromatic N) is 1. The number of benzene rings is 1. The van der Waals surface area contributed by atoms with E-state index >= 15 is 0 Å². The molecule has 0 saturated heterocycles. The van der Waals surface area contributed by atoms with Gasteiger partial charge in [-0.2, -0.15) is 12.7 Å². The van der Waals surface area contributed by atoms with Crippen LogP contribution in [0.4, 0.5) is 5.69 Å². The van der Waals surface area contributed by atoms with E-state index in [2.05, 4.69) is 4.72 Å². The molecule has 0 fully saturated rings. The number of anilines is 1. The topological polar surface area (TPSA) is 75.7 Å². The second kappa shape index (κ2) is 5.83. The zero-order valence-electron chi connectivity index (χ0n) is 10.5. The van der Waals surface area contributed by atoms with Gasteiger partial charge in [0, 0.05) is 19.8 Å². The highest BCUT2D eigenvalue weighted by Crippen LogP contribution is 2.12. The predicted octanol–water partition coefficient (Wildman–Crippen LogP) is 1.08. The molecule has 0 amide bonds. The Morgan fingerprint density at radius 1 is 1.28 bits per heavy atom. The molecule has 0 unspecified atom stereocenters. The van der Waals surface area contributed by atoms with E-state index in [9.17, 15) is 13.2 Å². The second-order valence-corrected chi connectivity index (χ2v) is 5.57. The first kappa shape index (κ1) is 14.5. The molecule has 18 heavy (non-hydrogen) atoms. The first-order valence-corrected chi connectivity index (χ1v) is 6.78. The molecule has 6 nitrogen and oxygen atoms in total. The SMILES string of the molecule is CCOC(=O)c1ccc(NS(=O)(=O)N(C)C)cc1. The average Bonchev–Trinajstić information content (AvgIpc) is 2.29. The van der Waals surface area contributed by atoms with Crippen LogP contribution in [0.1, 0.15) is 17.3 Å². The van der Waals surface area contributed by atoms with Crippen molar-refractivity contribution < 1.29 is 17.9 Å². The van der Waals surface area contributed by atoms with Crippen molar-refractivity contribution in [2.24, 2.45) is 0 Å². The molecule has 0 heterocycles. The molecule has 0 aliphatic rings. The van der Waals surface area contributed by atoms with Gasteiger partial charge >= 0.3 is 16.2 Å². The van der Waals surface area contributed by atoms with Crippen LogP contribution in [0.15, 0.2) is 24.3 Å². The largest absolute Gasteiger partial charge is 0.462 e. The van der Waals surface area contributed by atoms with Gasteiger partial charge in [0.1, 0.15) is 0 Å². The van der Waals surface area contributed by atoms with Crippen molar-refractivity contribution in [2.45, 2.75) is 6.92 Å². The normalized spacial score (nSPS) is 11.3.